The van der Waals surface area contributed by atoms with Crippen molar-refractivity contribution in [1.29, 1.82) is 0 Å². The van der Waals surface area contributed by atoms with Gasteiger partial charge in [0.15, 0.2) is 0 Å². The minimum absolute atomic E-state index is 0.00808. The standard InChI is InChI=1S/C22H21N5O/c28-22(20-14-27(15-25-20)17-5-2-1-3-6-17)26-11-8-16(9-12-26)19-13-24-21-18(19)7-4-10-23-21/h1-7,10,13-16H,8-9,11-12H2,(H,23,24). The lowest BCUT2D eigenvalue weighted by Crippen LogP contribution is -2.38. The van der Waals surface area contributed by atoms with Gasteiger partial charge in [-0.15, -0.1) is 0 Å². The maximum atomic E-state index is 12.9. The summed E-state index contributed by atoms with van der Waals surface area (Å²) >= 11 is 0. The zero-order valence-electron chi connectivity index (χ0n) is 15.5. The van der Waals surface area contributed by atoms with Gasteiger partial charge in [-0.3, -0.25) is 4.79 Å². The van der Waals surface area contributed by atoms with Crippen LogP contribution in [-0.2, 0) is 0 Å². The number of hydrogen-bond donors (Lipinski definition) is 1. The van der Waals surface area contributed by atoms with Crippen molar-refractivity contribution in [2.45, 2.75) is 18.8 Å². The molecule has 1 aromatic carbocycles. The highest BCUT2D eigenvalue weighted by Crippen LogP contribution is 2.32. The number of nitrogens with zero attached hydrogens (tertiary/aromatic N) is 4. The minimum Gasteiger partial charge on any atom is -0.346 e. The lowest BCUT2D eigenvalue weighted by atomic mass is 9.89. The molecule has 1 aliphatic rings. The maximum Gasteiger partial charge on any atom is 0.274 e. The number of carbonyl (C=O) groups is 1. The van der Waals surface area contributed by atoms with Crippen LogP contribution in [0.3, 0.4) is 0 Å². The van der Waals surface area contributed by atoms with Crippen LogP contribution in [0.2, 0.25) is 0 Å². The smallest absolute Gasteiger partial charge is 0.274 e. The molecule has 4 heterocycles. The van der Waals surface area contributed by atoms with Crippen LogP contribution >= 0.6 is 0 Å². The molecule has 3 aromatic heterocycles. The first kappa shape index (κ1) is 16.7. The van der Waals surface area contributed by atoms with Crippen LogP contribution in [0.5, 0.6) is 0 Å². The molecule has 140 valence electrons. The molecular formula is C22H21N5O. The zero-order chi connectivity index (χ0) is 18.9. The van der Waals surface area contributed by atoms with Crippen LogP contribution in [0.4, 0.5) is 0 Å². The van der Waals surface area contributed by atoms with Gasteiger partial charge >= 0.3 is 0 Å². The number of H-pyrrole nitrogens is 1. The van der Waals surface area contributed by atoms with Gasteiger partial charge in [0.25, 0.3) is 5.91 Å². The molecular weight excluding hydrogens is 350 g/mol. The van der Waals surface area contributed by atoms with E-state index in [2.05, 4.69) is 27.2 Å². The van der Waals surface area contributed by atoms with Crippen LogP contribution < -0.4 is 0 Å². The second kappa shape index (κ2) is 6.96. The Hall–Kier alpha value is -3.41. The third-order valence-electron chi connectivity index (χ3n) is 5.56. The van der Waals surface area contributed by atoms with Crippen molar-refractivity contribution >= 4 is 16.9 Å². The number of hydrogen-bond acceptors (Lipinski definition) is 3. The maximum absolute atomic E-state index is 12.9. The van der Waals surface area contributed by atoms with Gasteiger partial charge in [-0.05, 0) is 48.6 Å². The molecule has 0 radical (unpaired) electrons. The summed E-state index contributed by atoms with van der Waals surface area (Å²) < 4.78 is 1.89. The number of rotatable bonds is 3. The molecule has 5 rings (SSSR count). The monoisotopic (exact) mass is 371 g/mol. The van der Waals surface area contributed by atoms with Crippen LogP contribution in [0.1, 0.15) is 34.8 Å². The molecule has 0 unspecified atom stereocenters. The number of piperidine rings is 1. The number of amides is 1. The summed E-state index contributed by atoms with van der Waals surface area (Å²) in [5.74, 6) is 0.456. The Labute approximate surface area is 162 Å². The number of fused-ring (bicyclic) bond motifs is 1. The van der Waals surface area contributed by atoms with Gasteiger partial charge in [0.2, 0.25) is 0 Å². The molecule has 1 amide bonds. The second-order valence-corrected chi connectivity index (χ2v) is 7.21. The fraction of sp³-hybridized carbons (Fsp3) is 0.227. The summed E-state index contributed by atoms with van der Waals surface area (Å²) in [6, 6.07) is 14.0. The number of imidazole rings is 1. The molecule has 1 N–H and O–H groups in total. The third-order valence-corrected chi connectivity index (χ3v) is 5.56. The fourth-order valence-corrected chi connectivity index (χ4v) is 4.05. The predicted molar refractivity (Wildman–Crippen MR) is 108 cm³/mol. The summed E-state index contributed by atoms with van der Waals surface area (Å²) in [4.78, 5) is 26.8. The normalized spacial score (nSPS) is 15.2. The predicted octanol–water partition coefficient (Wildman–Crippen LogP) is 3.77. The number of aromatic nitrogens is 4. The molecule has 0 atom stereocenters. The molecule has 1 saturated heterocycles. The molecule has 6 heteroatoms. The van der Waals surface area contributed by atoms with E-state index >= 15 is 0 Å². The first-order valence-electron chi connectivity index (χ1n) is 9.60. The van der Waals surface area contributed by atoms with Crippen LogP contribution in [0.25, 0.3) is 16.7 Å². The lowest BCUT2D eigenvalue weighted by Gasteiger charge is -2.31. The van der Waals surface area contributed by atoms with Crippen LogP contribution in [0.15, 0.2) is 67.4 Å². The van der Waals surface area contributed by atoms with Crippen LogP contribution in [0, 0.1) is 0 Å². The topological polar surface area (TPSA) is 66.8 Å². The van der Waals surface area contributed by atoms with E-state index < -0.39 is 0 Å². The summed E-state index contributed by atoms with van der Waals surface area (Å²) in [5, 5.41) is 1.19. The van der Waals surface area contributed by atoms with E-state index in [1.54, 1.807) is 12.5 Å². The van der Waals surface area contributed by atoms with Crippen molar-refractivity contribution in [3.63, 3.8) is 0 Å². The molecule has 0 saturated carbocycles. The number of nitrogens with one attached hydrogen (secondary N) is 1. The molecule has 1 fully saturated rings. The van der Waals surface area contributed by atoms with Crippen molar-refractivity contribution in [3.8, 4) is 5.69 Å². The first-order valence-corrected chi connectivity index (χ1v) is 9.60. The summed E-state index contributed by atoms with van der Waals surface area (Å²) in [6.07, 6.45) is 9.29. The Balaban J connectivity index is 1.28. The van der Waals surface area contributed by atoms with Gasteiger partial charge < -0.3 is 14.5 Å². The SMILES string of the molecule is O=C(c1cn(-c2ccccc2)cn1)N1CCC(c2c[nH]c3ncccc23)CC1. The number of para-hydroxylation sites is 1. The Morgan fingerprint density at radius 3 is 2.68 bits per heavy atom. The lowest BCUT2D eigenvalue weighted by molar-refractivity contribution is 0.0708. The molecule has 0 aliphatic carbocycles. The number of pyridine rings is 1. The van der Waals surface area contributed by atoms with E-state index in [0.29, 0.717) is 11.6 Å². The molecule has 6 nitrogen and oxygen atoms in total. The van der Waals surface area contributed by atoms with E-state index in [-0.39, 0.29) is 5.91 Å². The molecule has 0 bridgehead atoms. The highest BCUT2D eigenvalue weighted by atomic mass is 16.2. The fourth-order valence-electron chi connectivity index (χ4n) is 4.05. The first-order chi connectivity index (χ1) is 13.8. The van der Waals surface area contributed by atoms with E-state index in [9.17, 15) is 4.79 Å². The number of likely N-dealkylation sites (tertiary alicyclic amines) is 1. The van der Waals surface area contributed by atoms with Gasteiger partial charge in [0.1, 0.15) is 17.7 Å². The molecule has 4 aromatic rings. The van der Waals surface area contributed by atoms with Gasteiger partial charge in [0.05, 0.1) is 0 Å². The average Bonchev–Trinajstić information content (AvgIpc) is 3.42. The Morgan fingerprint density at radius 1 is 1.04 bits per heavy atom. The molecule has 1 aliphatic heterocycles. The van der Waals surface area contributed by atoms with E-state index in [1.165, 1.54) is 10.9 Å². The van der Waals surface area contributed by atoms with Crippen molar-refractivity contribution in [1.82, 2.24) is 24.4 Å². The second-order valence-electron chi connectivity index (χ2n) is 7.21. The number of benzene rings is 1. The zero-order valence-corrected chi connectivity index (χ0v) is 15.5. The molecule has 0 spiro atoms. The van der Waals surface area contributed by atoms with Gasteiger partial charge in [0, 0.05) is 42.8 Å². The Morgan fingerprint density at radius 2 is 1.86 bits per heavy atom. The Bertz CT molecular complexity index is 1110. The van der Waals surface area contributed by atoms with Crippen molar-refractivity contribution in [2.75, 3.05) is 13.1 Å². The van der Waals surface area contributed by atoms with E-state index in [4.69, 9.17) is 0 Å². The van der Waals surface area contributed by atoms with Crippen molar-refractivity contribution in [3.05, 3.63) is 78.6 Å². The van der Waals surface area contributed by atoms with Gasteiger partial charge in [-0.2, -0.15) is 0 Å². The minimum atomic E-state index is 0.00808. The summed E-state index contributed by atoms with van der Waals surface area (Å²) in [5.41, 5.74) is 3.74. The molecule has 28 heavy (non-hydrogen) atoms. The average molecular weight is 371 g/mol. The quantitative estimate of drug-likeness (QED) is 0.596. The summed E-state index contributed by atoms with van der Waals surface area (Å²) in [6.45, 7) is 1.49. The van der Waals surface area contributed by atoms with Crippen molar-refractivity contribution in [2.24, 2.45) is 0 Å². The van der Waals surface area contributed by atoms with Gasteiger partial charge in [-0.1, -0.05) is 18.2 Å². The van der Waals surface area contributed by atoms with Gasteiger partial charge in [-0.25, -0.2) is 9.97 Å². The summed E-state index contributed by atoms with van der Waals surface area (Å²) in [7, 11) is 0. The number of carbonyl (C=O) groups excluding carboxylic acids is 1. The Kier molecular flexibility index (Phi) is 4.16. The van der Waals surface area contributed by atoms with Crippen molar-refractivity contribution < 1.29 is 4.79 Å². The third kappa shape index (κ3) is 2.97. The number of aromatic amines is 1. The highest BCUT2D eigenvalue weighted by Gasteiger charge is 2.27. The largest absolute Gasteiger partial charge is 0.346 e. The van der Waals surface area contributed by atoms with Crippen LogP contribution in [-0.4, -0.2) is 43.4 Å². The van der Waals surface area contributed by atoms with E-state index in [1.807, 2.05) is 52.1 Å². The highest BCUT2D eigenvalue weighted by molar-refractivity contribution is 5.92. The van der Waals surface area contributed by atoms with E-state index in [0.717, 1.165) is 37.3 Å².